The highest BCUT2D eigenvalue weighted by atomic mass is 35.5. The van der Waals surface area contributed by atoms with Crippen molar-refractivity contribution in [3.05, 3.63) is 82.9 Å². The minimum Gasteiger partial charge on any atom is -0.497 e. The van der Waals surface area contributed by atoms with Gasteiger partial charge in [0.25, 0.3) is 15.9 Å². The summed E-state index contributed by atoms with van der Waals surface area (Å²) in [4.78, 5) is 15.6. The number of carbonyl (C=O) groups is 1. The molecule has 206 valence electrons. The van der Waals surface area contributed by atoms with Crippen LogP contribution in [0.1, 0.15) is 11.1 Å². The van der Waals surface area contributed by atoms with Crippen LogP contribution in [-0.2, 0) is 32.6 Å². The van der Waals surface area contributed by atoms with Crippen LogP contribution in [0.3, 0.4) is 0 Å². The molecule has 1 saturated heterocycles. The van der Waals surface area contributed by atoms with E-state index in [1.807, 2.05) is 12.1 Å². The van der Waals surface area contributed by atoms with Gasteiger partial charge in [-0.05, 0) is 53.6 Å². The van der Waals surface area contributed by atoms with Gasteiger partial charge >= 0.3 is 0 Å². The van der Waals surface area contributed by atoms with Gasteiger partial charge in [-0.3, -0.25) is 14.0 Å². The first-order valence-corrected chi connectivity index (χ1v) is 14.4. The molecule has 2 aliphatic heterocycles. The quantitative estimate of drug-likeness (QED) is 0.442. The minimum absolute atomic E-state index is 0.0624. The molecule has 1 N–H and O–H groups in total. The average molecular weight is 572 g/mol. The van der Waals surface area contributed by atoms with Crippen molar-refractivity contribution in [2.75, 3.05) is 44.3 Å². The highest BCUT2D eigenvalue weighted by Gasteiger charge is 2.37. The van der Waals surface area contributed by atoms with Gasteiger partial charge in [-0.15, -0.1) is 0 Å². The summed E-state index contributed by atoms with van der Waals surface area (Å²) < 4.78 is 45.0. The van der Waals surface area contributed by atoms with Gasteiger partial charge in [0.2, 0.25) is 0 Å². The monoisotopic (exact) mass is 571 g/mol. The smallest absolute Gasteiger partial charge is 0.264 e. The number of fused-ring (bicyclic) bond motifs is 1. The predicted octanol–water partition coefficient (Wildman–Crippen LogP) is 3.45. The highest BCUT2D eigenvalue weighted by molar-refractivity contribution is 7.92. The number of benzene rings is 3. The number of nitrogens with one attached hydrogen (secondary N) is 1. The molecule has 0 aromatic heterocycles. The van der Waals surface area contributed by atoms with Gasteiger partial charge in [0, 0.05) is 31.2 Å². The van der Waals surface area contributed by atoms with Crippen molar-refractivity contribution in [3.8, 4) is 11.5 Å². The number of hydrogen-bond acceptors (Lipinski definition) is 7. The lowest BCUT2D eigenvalue weighted by Crippen LogP contribution is -2.50. The fourth-order valence-electron chi connectivity index (χ4n) is 4.62. The molecule has 5 rings (SSSR count). The summed E-state index contributed by atoms with van der Waals surface area (Å²) in [7, 11) is -2.52. The van der Waals surface area contributed by atoms with Crippen LogP contribution in [0.2, 0.25) is 5.02 Å². The van der Waals surface area contributed by atoms with E-state index in [1.165, 1.54) is 29.6 Å². The Hall–Kier alpha value is -3.31. The fourth-order valence-corrected chi connectivity index (χ4v) is 6.26. The molecule has 0 aliphatic carbocycles. The van der Waals surface area contributed by atoms with Crippen molar-refractivity contribution in [3.63, 3.8) is 0 Å². The van der Waals surface area contributed by atoms with Crippen LogP contribution >= 0.6 is 11.6 Å². The van der Waals surface area contributed by atoms with E-state index in [9.17, 15) is 13.2 Å². The molecule has 9 nitrogen and oxygen atoms in total. The van der Waals surface area contributed by atoms with Crippen molar-refractivity contribution in [2.24, 2.45) is 0 Å². The number of amides is 1. The molecule has 1 atom stereocenters. The SMILES string of the molecule is COc1ccc(S(=O)(=O)N2C[C@@H](C(=O)NCc3cccc(CN4CCOCC4)c3)Oc3ccc(Cl)cc32)cc1. The van der Waals surface area contributed by atoms with Gasteiger partial charge in [0.05, 0.1) is 37.5 Å². The topological polar surface area (TPSA) is 97.4 Å². The Morgan fingerprint density at radius 3 is 2.54 bits per heavy atom. The standard InChI is InChI=1S/C28H30ClN3O6S/c1-36-23-6-8-24(9-7-23)39(34,35)32-19-27(38-26-10-5-22(29)16-25(26)32)28(33)30-17-20-3-2-4-21(15-20)18-31-11-13-37-14-12-31/h2-10,15-16,27H,11-14,17-19H2,1H3,(H,30,33)/t27-/m0/s1. The van der Waals surface area contributed by atoms with E-state index >= 15 is 0 Å². The van der Waals surface area contributed by atoms with E-state index in [0.717, 1.165) is 44.0 Å². The van der Waals surface area contributed by atoms with Crippen LogP contribution in [0, 0.1) is 0 Å². The maximum Gasteiger partial charge on any atom is 0.264 e. The second-order valence-electron chi connectivity index (χ2n) is 9.36. The third-order valence-corrected chi connectivity index (χ3v) is 8.73. The first kappa shape index (κ1) is 27.3. The van der Waals surface area contributed by atoms with Crippen LogP contribution in [0.15, 0.2) is 71.6 Å². The second kappa shape index (κ2) is 11.8. The zero-order valence-electron chi connectivity index (χ0n) is 21.5. The van der Waals surface area contributed by atoms with E-state index < -0.39 is 22.0 Å². The van der Waals surface area contributed by atoms with Gasteiger partial charge in [-0.1, -0.05) is 35.9 Å². The number of morpholine rings is 1. The summed E-state index contributed by atoms with van der Waals surface area (Å²) in [5.41, 5.74) is 2.37. The van der Waals surface area contributed by atoms with Crippen LogP contribution in [0.25, 0.3) is 0 Å². The molecule has 0 unspecified atom stereocenters. The molecule has 3 aromatic carbocycles. The number of anilines is 1. The lowest BCUT2D eigenvalue weighted by atomic mass is 10.1. The fraction of sp³-hybridized carbons (Fsp3) is 0.321. The summed E-state index contributed by atoms with van der Waals surface area (Å²) in [6.07, 6.45) is -1.05. The van der Waals surface area contributed by atoms with Crippen LogP contribution < -0.4 is 19.1 Å². The molecule has 2 heterocycles. The molecule has 3 aromatic rings. The lowest BCUT2D eigenvalue weighted by Gasteiger charge is -2.35. The van der Waals surface area contributed by atoms with Crippen LogP contribution in [-0.4, -0.2) is 65.3 Å². The number of ether oxygens (including phenoxy) is 3. The van der Waals surface area contributed by atoms with E-state index in [4.69, 9.17) is 25.8 Å². The van der Waals surface area contributed by atoms with E-state index in [-0.39, 0.29) is 29.4 Å². The Kier molecular flexibility index (Phi) is 8.27. The Balaban J connectivity index is 1.31. The second-order valence-corrected chi connectivity index (χ2v) is 11.7. The Labute approximate surface area is 233 Å². The summed E-state index contributed by atoms with van der Waals surface area (Å²) in [6, 6.07) is 18.8. The average Bonchev–Trinajstić information content (AvgIpc) is 2.96. The molecular weight excluding hydrogens is 542 g/mol. The predicted molar refractivity (Wildman–Crippen MR) is 148 cm³/mol. The lowest BCUT2D eigenvalue weighted by molar-refractivity contribution is -0.127. The first-order valence-electron chi connectivity index (χ1n) is 12.6. The number of sulfonamides is 1. The largest absolute Gasteiger partial charge is 0.497 e. The van der Waals surface area contributed by atoms with Crippen LogP contribution in [0.5, 0.6) is 11.5 Å². The summed E-state index contributed by atoms with van der Waals surface area (Å²) >= 11 is 6.19. The van der Waals surface area contributed by atoms with Gasteiger partial charge in [-0.25, -0.2) is 8.42 Å². The molecular formula is C28H30ClN3O6S. The van der Waals surface area contributed by atoms with Crippen molar-refractivity contribution in [1.82, 2.24) is 10.2 Å². The van der Waals surface area contributed by atoms with E-state index in [1.54, 1.807) is 24.3 Å². The van der Waals surface area contributed by atoms with Gasteiger partial charge in [-0.2, -0.15) is 0 Å². The van der Waals surface area contributed by atoms with E-state index in [2.05, 4.69) is 22.3 Å². The first-order chi connectivity index (χ1) is 18.8. The molecule has 0 spiro atoms. The highest BCUT2D eigenvalue weighted by Crippen LogP contribution is 2.39. The number of methoxy groups -OCH3 is 1. The minimum atomic E-state index is -4.02. The van der Waals surface area contributed by atoms with Crippen molar-refractivity contribution >= 4 is 33.2 Å². The van der Waals surface area contributed by atoms with Crippen LogP contribution in [0.4, 0.5) is 5.69 Å². The Bertz CT molecular complexity index is 1430. The third-order valence-electron chi connectivity index (χ3n) is 6.70. The molecule has 2 aliphatic rings. The summed E-state index contributed by atoms with van der Waals surface area (Å²) in [5, 5.41) is 3.26. The van der Waals surface area contributed by atoms with E-state index in [0.29, 0.717) is 10.8 Å². The molecule has 1 amide bonds. The van der Waals surface area contributed by atoms with Gasteiger partial charge in [0.1, 0.15) is 11.5 Å². The van der Waals surface area contributed by atoms with Gasteiger partial charge < -0.3 is 19.5 Å². The van der Waals surface area contributed by atoms with Gasteiger partial charge in [0.15, 0.2) is 6.10 Å². The number of halogens is 1. The maximum atomic E-state index is 13.7. The number of rotatable bonds is 8. The number of carbonyl (C=O) groups excluding carboxylic acids is 1. The third kappa shape index (κ3) is 6.30. The zero-order valence-corrected chi connectivity index (χ0v) is 23.1. The normalized spacial score (nSPS) is 17.7. The molecule has 1 fully saturated rings. The molecule has 0 bridgehead atoms. The van der Waals surface area contributed by atoms with Crippen molar-refractivity contribution in [2.45, 2.75) is 24.1 Å². The maximum absolute atomic E-state index is 13.7. The number of nitrogens with zero attached hydrogens (tertiary/aromatic N) is 2. The molecule has 0 radical (unpaired) electrons. The summed E-state index contributed by atoms with van der Waals surface area (Å²) in [6.45, 7) is 4.15. The molecule has 11 heteroatoms. The molecule has 39 heavy (non-hydrogen) atoms. The zero-order chi connectivity index (χ0) is 27.4. The Morgan fingerprint density at radius 1 is 1.05 bits per heavy atom. The Morgan fingerprint density at radius 2 is 1.79 bits per heavy atom. The molecule has 0 saturated carbocycles. The van der Waals surface area contributed by atoms with Crippen molar-refractivity contribution in [1.29, 1.82) is 0 Å². The number of hydrogen-bond donors (Lipinski definition) is 1. The van der Waals surface area contributed by atoms with Crippen molar-refractivity contribution < 1.29 is 27.4 Å². The summed E-state index contributed by atoms with van der Waals surface area (Å²) in [5.74, 6) is 0.380.